The lowest BCUT2D eigenvalue weighted by atomic mass is 9.91. The third-order valence-electron chi connectivity index (χ3n) is 3.63. The van der Waals surface area contributed by atoms with E-state index in [1.54, 1.807) is 0 Å². The van der Waals surface area contributed by atoms with Crippen molar-refractivity contribution in [3.8, 4) is 0 Å². The molecule has 2 nitrogen and oxygen atoms in total. The van der Waals surface area contributed by atoms with Crippen molar-refractivity contribution < 1.29 is 0 Å². The van der Waals surface area contributed by atoms with Crippen molar-refractivity contribution in [2.24, 2.45) is 11.1 Å². The van der Waals surface area contributed by atoms with E-state index in [1.807, 2.05) is 0 Å². The Labute approximate surface area is 95.0 Å². The summed E-state index contributed by atoms with van der Waals surface area (Å²) in [5, 5.41) is 3.73. The normalized spacial score (nSPS) is 26.8. The Morgan fingerprint density at radius 1 is 1.47 bits per heavy atom. The first-order valence-corrected chi connectivity index (χ1v) is 6.53. The van der Waals surface area contributed by atoms with E-state index in [0.29, 0.717) is 17.5 Å². The molecule has 15 heavy (non-hydrogen) atoms. The van der Waals surface area contributed by atoms with Gasteiger partial charge in [0.05, 0.1) is 0 Å². The van der Waals surface area contributed by atoms with Crippen molar-refractivity contribution >= 4 is 0 Å². The van der Waals surface area contributed by atoms with E-state index in [1.165, 1.54) is 38.5 Å². The molecule has 3 N–H and O–H groups in total. The standard InChI is InChI=1S/C13H28N2/c1-4-5-6-12(10-14)15-11-7-8-13(2,3)9-11/h11-12,15H,4-10,14H2,1-3H3. The van der Waals surface area contributed by atoms with Crippen LogP contribution in [0, 0.1) is 5.41 Å². The molecule has 1 aliphatic carbocycles. The lowest BCUT2D eigenvalue weighted by Crippen LogP contribution is -2.42. The van der Waals surface area contributed by atoms with Gasteiger partial charge >= 0.3 is 0 Å². The van der Waals surface area contributed by atoms with Gasteiger partial charge in [-0.05, 0) is 31.1 Å². The number of hydrogen-bond acceptors (Lipinski definition) is 2. The summed E-state index contributed by atoms with van der Waals surface area (Å²) in [5.41, 5.74) is 6.34. The van der Waals surface area contributed by atoms with Crippen molar-refractivity contribution in [2.45, 2.75) is 71.4 Å². The zero-order valence-electron chi connectivity index (χ0n) is 10.7. The van der Waals surface area contributed by atoms with Crippen LogP contribution in [0.5, 0.6) is 0 Å². The minimum Gasteiger partial charge on any atom is -0.329 e. The van der Waals surface area contributed by atoms with Crippen molar-refractivity contribution in [1.82, 2.24) is 5.32 Å². The molecule has 0 saturated heterocycles. The molecular weight excluding hydrogens is 184 g/mol. The van der Waals surface area contributed by atoms with Gasteiger partial charge in [0.25, 0.3) is 0 Å². The molecule has 0 aliphatic heterocycles. The number of nitrogens with one attached hydrogen (secondary N) is 1. The summed E-state index contributed by atoms with van der Waals surface area (Å²) in [7, 11) is 0. The van der Waals surface area contributed by atoms with Gasteiger partial charge in [0, 0.05) is 18.6 Å². The Bertz CT molecular complexity index is 177. The molecule has 1 rings (SSSR count). The predicted octanol–water partition coefficient (Wildman–Crippen LogP) is 2.67. The number of hydrogen-bond donors (Lipinski definition) is 2. The van der Waals surface area contributed by atoms with E-state index in [0.717, 1.165) is 6.54 Å². The van der Waals surface area contributed by atoms with Crippen LogP contribution in [0.2, 0.25) is 0 Å². The molecule has 0 aromatic carbocycles. The molecule has 0 amide bonds. The summed E-state index contributed by atoms with van der Waals surface area (Å²) in [5.74, 6) is 0. The lowest BCUT2D eigenvalue weighted by Gasteiger charge is -2.23. The van der Waals surface area contributed by atoms with Gasteiger partial charge in [0.1, 0.15) is 0 Å². The molecule has 2 atom stereocenters. The zero-order valence-corrected chi connectivity index (χ0v) is 10.7. The Morgan fingerprint density at radius 3 is 2.67 bits per heavy atom. The first kappa shape index (κ1) is 13.0. The maximum atomic E-state index is 5.80. The fourth-order valence-electron chi connectivity index (χ4n) is 2.63. The second-order valence-corrected chi connectivity index (χ2v) is 5.85. The highest BCUT2D eigenvalue weighted by atomic mass is 15.0. The average molecular weight is 212 g/mol. The molecule has 2 unspecified atom stereocenters. The molecule has 90 valence electrons. The van der Waals surface area contributed by atoms with Crippen LogP contribution in [0.15, 0.2) is 0 Å². The number of unbranched alkanes of at least 4 members (excludes halogenated alkanes) is 1. The van der Waals surface area contributed by atoms with E-state index in [4.69, 9.17) is 5.73 Å². The third-order valence-corrected chi connectivity index (χ3v) is 3.63. The molecule has 1 fully saturated rings. The van der Waals surface area contributed by atoms with Gasteiger partial charge in [-0.3, -0.25) is 0 Å². The predicted molar refractivity (Wildman–Crippen MR) is 66.9 cm³/mol. The summed E-state index contributed by atoms with van der Waals surface area (Å²) in [4.78, 5) is 0. The molecule has 2 heteroatoms. The van der Waals surface area contributed by atoms with Crippen LogP contribution in [-0.2, 0) is 0 Å². The monoisotopic (exact) mass is 212 g/mol. The van der Waals surface area contributed by atoms with Gasteiger partial charge in [-0.25, -0.2) is 0 Å². The molecule has 0 bridgehead atoms. The quantitative estimate of drug-likeness (QED) is 0.710. The topological polar surface area (TPSA) is 38.0 Å². The molecule has 0 aromatic heterocycles. The Hall–Kier alpha value is -0.0800. The minimum absolute atomic E-state index is 0.543. The highest BCUT2D eigenvalue weighted by molar-refractivity contribution is 4.88. The summed E-state index contributed by atoms with van der Waals surface area (Å²) in [6.07, 6.45) is 7.81. The average Bonchev–Trinajstić information content (AvgIpc) is 2.52. The van der Waals surface area contributed by atoms with Gasteiger partial charge in [0.2, 0.25) is 0 Å². The molecule has 0 heterocycles. The van der Waals surface area contributed by atoms with Gasteiger partial charge in [-0.2, -0.15) is 0 Å². The molecule has 0 spiro atoms. The fourth-order valence-corrected chi connectivity index (χ4v) is 2.63. The largest absolute Gasteiger partial charge is 0.329 e. The molecule has 0 aromatic rings. The zero-order chi connectivity index (χ0) is 11.3. The second kappa shape index (κ2) is 5.86. The third kappa shape index (κ3) is 4.52. The van der Waals surface area contributed by atoms with Crippen molar-refractivity contribution in [1.29, 1.82) is 0 Å². The molecule has 0 radical (unpaired) electrons. The summed E-state index contributed by atoms with van der Waals surface area (Å²) in [6.45, 7) is 7.78. The Balaban J connectivity index is 2.27. The molecular formula is C13H28N2. The highest BCUT2D eigenvalue weighted by Crippen LogP contribution is 2.37. The van der Waals surface area contributed by atoms with Crippen LogP contribution in [0.25, 0.3) is 0 Å². The SMILES string of the molecule is CCCCC(CN)NC1CCC(C)(C)C1. The lowest BCUT2D eigenvalue weighted by molar-refractivity contribution is 0.346. The van der Waals surface area contributed by atoms with Crippen LogP contribution < -0.4 is 11.1 Å². The van der Waals surface area contributed by atoms with Crippen LogP contribution >= 0.6 is 0 Å². The van der Waals surface area contributed by atoms with Crippen molar-refractivity contribution in [3.05, 3.63) is 0 Å². The summed E-state index contributed by atoms with van der Waals surface area (Å²) < 4.78 is 0. The first-order chi connectivity index (χ1) is 7.07. The maximum Gasteiger partial charge on any atom is 0.0192 e. The van der Waals surface area contributed by atoms with Gasteiger partial charge in [-0.1, -0.05) is 33.6 Å². The second-order valence-electron chi connectivity index (χ2n) is 5.85. The number of rotatable bonds is 6. The van der Waals surface area contributed by atoms with E-state index in [9.17, 15) is 0 Å². The number of nitrogens with two attached hydrogens (primary N) is 1. The molecule has 1 aliphatic rings. The van der Waals surface area contributed by atoms with Gasteiger partial charge < -0.3 is 11.1 Å². The summed E-state index contributed by atoms with van der Waals surface area (Å²) >= 11 is 0. The van der Waals surface area contributed by atoms with E-state index < -0.39 is 0 Å². The van der Waals surface area contributed by atoms with Crippen LogP contribution in [0.3, 0.4) is 0 Å². The highest BCUT2D eigenvalue weighted by Gasteiger charge is 2.31. The fraction of sp³-hybridized carbons (Fsp3) is 1.00. The molecule has 1 saturated carbocycles. The van der Waals surface area contributed by atoms with E-state index in [2.05, 4.69) is 26.1 Å². The van der Waals surface area contributed by atoms with Crippen LogP contribution in [-0.4, -0.2) is 18.6 Å². The first-order valence-electron chi connectivity index (χ1n) is 6.53. The Morgan fingerprint density at radius 2 is 2.20 bits per heavy atom. The van der Waals surface area contributed by atoms with Crippen molar-refractivity contribution in [3.63, 3.8) is 0 Å². The van der Waals surface area contributed by atoms with Crippen LogP contribution in [0.4, 0.5) is 0 Å². The maximum absolute atomic E-state index is 5.80. The van der Waals surface area contributed by atoms with Crippen molar-refractivity contribution in [2.75, 3.05) is 6.54 Å². The van der Waals surface area contributed by atoms with E-state index >= 15 is 0 Å². The van der Waals surface area contributed by atoms with Gasteiger partial charge in [-0.15, -0.1) is 0 Å². The summed E-state index contributed by atoms with van der Waals surface area (Å²) in [6, 6.07) is 1.26. The van der Waals surface area contributed by atoms with Crippen LogP contribution in [0.1, 0.15) is 59.3 Å². The minimum atomic E-state index is 0.543. The Kier molecular flexibility index (Phi) is 5.07. The smallest absolute Gasteiger partial charge is 0.0192 e. The van der Waals surface area contributed by atoms with E-state index in [-0.39, 0.29) is 0 Å². The van der Waals surface area contributed by atoms with Gasteiger partial charge in [0.15, 0.2) is 0 Å².